The van der Waals surface area contributed by atoms with Gasteiger partial charge in [0, 0.05) is 11.6 Å². The Kier molecular flexibility index (Phi) is 3.76. The highest BCUT2D eigenvalue weighted by molar-refractivity contribution is 5.84. The van der Waals surface area contributed by atoms with E-state index in [4.69, 9.17) is 4.74 Å². The van der Waals surface area contributed by atoms with Crippen molar-refractivity contribution in [3.63, 3.8) is 0 Å². The Balaban J connectivity index is 2.11. The number of ether oxygens (including phenoxy) is 1. The summed E-state index contributed by atoms with van der Waals surface area (Å²) in [7, 11) is 0. The maximum Gasteiger partial charge on any atom is 0.128 e. The van der Waals surface area contributed by atoms with E-state index in [9.17, 15) is 0 Å². The molecule has 0 atom stereocenters. The Morgan fingerprint density at radius 2 is 2.06 bits per heavy atom. The average molecular weight is 214 g/mol. The molecule has 0 aliphatic carbocycles. The van der Waals surface area contributed by atoms with Crippen LogP contribution in [0.15, 0.2) is 36.5 Å². The summed E-state index contributed by atoms with van der Waals surface area (Å²) in [5, 5.41) is 1.08. The molecule has 0 unspecified atom stereocenters. The molecule has 2 nitrogen and oxygen atoms in total. The van der Waals surface area contributed by atoms with E-state index in [1.807, 2.05) is 30.3 Å². The predicted molar refractivity (Wildman–Crippen MR) is 66.4 cm³/mol. The fourth-order valence-electron chi connectivity index (χ4n) is 1.66. The molecule has 1 heterocycles. The van der Waals surface area contributed by atoms with E-state index in [0.29, 0.717) is 0 Å². The van der Waals surface area contributed by atoms with Gasteiger partial charge in [-0.2, -0.15) is 0 Å². The Bertz CT molecular complexity index is 448. The van der Waals surface area contributed by atoms with Crippen LogP contribution in [0.5, 0.6) is 5.75 Å². The van der Waals surface area contributed by atoms with Gasteiger partial charge in [-0.25, -0.2) is 0 Å². The van der Waals surface area contributed by atoms with Crippen LogP contribution in [0.3, 0.4) is 0 Å². The molecule has 0 N–H and O–H groups in total. The molecular weight excluding hydrogens is 198 g/mol. The van der Waals surface area contributed by atoms with Crippen LogP contribution in [0.4, 0.5) is 0 Å². The minimum Gasteiger partial charge on any atom is -0.493 e. The summed E-state index contributed by atoms with van der Waals surface area (Å²) in [6, 6.07) is 9.95. The van der Waals surface area contributed by atoms with Gasteiger partial charge < -0.3 is 4.74 Å². The molecule has 0 spiro atoms. The van der Waals surface area contributed by atoms with Crippen molar-refractivity contribution in [2.75, 3.05) is 6.61 Å². The highest BCUT2D eigenvalue weighted by Crippen LogP contribution is 2.23. The van der Waals surface area contributed by atoms with Crippen molar-refractivity contribution in [3.8, 4) is 5.75 Å². The molecule has 0 aliphatic rings. The summed E-state index contributed by atoms with van der Waals surface area (Å²) >= 11 is 0. The molecule has 1 aromatic heterocycles. The van der Waals surface area contributed by atoms with E-state index in [2.05, 4.69) is 11.9 Å². The van der Waals surface area contributed by atoms with Crippen molar-refractivity contribution in [2.24, 2.45) is 0 Å². The van der Waals surface area contributed by atoms with E-state index < -0.39 is 0 Å². The molecule has 0 fully saturated rings. The van der Waals surface area contributed by atoms with Gasteiger partial charge in [0.05, 0.1) is 12.1 Å². The van der Waals surface area contributed by atoms with E-state index in [1.165, 1.54) is 0 Å². The first kappa shape index (κ1) is 10.9. The summed E-state index contributed by atoms with van der Waals surface area (Å²) in [6.45, 7) is 4.57. The Labute approximate surface area is 96.3 Å². The number of hydrogen-bond donors (Lipinski definition) is 0. The Morgan fingerprint density at radius 1 is 1.12 bits per heavy atom. The SMILES string of the molecule is [CH2]CCCCOc1cccc2ncccc12. The van der Waals surface area contributed by atoms with Gasteiger partial charge in [-0.05, 0) is 30.7 Å². The maximum atomic E-state index is 5.75. The second kappa shape index (κ2) is 5.50. The summed E-state index contributed by atoms with van der Waals surface area (Å²) in [6.07, 6.45) is 4.94. The number of benzene rings is 1. The normalized spacial score (nSPS) is 10.6. The Morgan fingerprint density at radius 3 is 2.94 bits per heavy atom. The van der Waals surface area contributed by atoms with E-state index in [1.54, 1.807) is 6.20 Å². The molecule has 0 saturated carbocycles. The van der Waals surface area contributed by atoms with Crippen LogP contribution in [0.2, 0.25) is 0 Å². The smallest absolute Gasteiger partial charge is 0.128 e. The fourth-order valence-corrected chi connectivity index (χ4v) is 1.66. The third-order valence-corrected chi connectivity index (χ3v) is 2.51. The highest BCUT2D eigenvalue weighted by atomic mass is 16.5. The lowest BCUT2D eigenvalue weighted by Crippen LogP contribution is -1.97. The third-order valence-electron chi connectivity index (χ3n) is 2.51. The van der Waals surface area contributed by atoms with Gasteiger partial charge in [-0.15, -0.1) is 0 Å². The van der Waals surface area contributed by atoms with Crippen LogP contribution in [0, 0.1) is 6.92 Å². The van der Waals surface area contributed by atoms with Crippen LogP contribution in [0.1, 0.15) is 19.3 Å². The molecule has 0 bridgehead atoms. The molecule has 2 aromatic rings. The molecule has 0 amide bonds. The highest BCUT2D eigenvalue weighted by Gasteiger charge is 2.01. The van der Waals surface area contributed by atoms with E-state index in [0.717, 1.165) is 42.5 Å². The van der Waals surface area contributed by atoms with Crippen molar-refractivity contribution >= 4 is 10.9 Å². The minimum atomic E-state index is 0.753. The molecule has 1 radical (unpaired) electrons. The second-order valence-corrected chi connectivity index (χ2v) is 3.74. The number of fused-ring (bicyclic) bond motifs is 1. The number of nitrogens with zero attached hydrogens (tertiary/aromatic N) is 1. The molecule has 0 saturated heterocycles. The van der Waals surface area contributed by atoms with Gasteiger partial charge in [-0.1, -0.05) is 25.8 Å². The molecule has 2 rings (SSSR count). The first-order chi connectivity index (χ1) is 7.92. The van der Waals surface area contributed by atoms with Crippen LogP contribution in [0.25, 0.3) is 10.9 Å². The number of pyridine rings is 1. The lowest BCUT2D eigenvalue weighted by molar-refractivity contribution is 0.311. The lowest BCUT2D eigenvalue weighted by Gasteiger charge is -2.08. The van der Waals surface area contributed by atoms with Gasteiger partial charge in [-0.3, -0.25) is 4.98 Å². The zero-order chi connectivity index (χ0) is 11.2. The van der Waals surface area contributed by atoms with Crippen LogP contribution in [-0.2, 0) is 0 Å². The quantitative estimate of drug-likeness (QED) is 0.709. The topological polar surface area (TPSA) is 22.1 Å². The zero-order valence-electron chi connectivity index (χ0n) is 9.36. The monoisotopic (exact) mass is 214 g/mol. The molecule has 0 aliphatic heterocycles. The maximum absolute atomic E-state index is 5.75. The fraction of sp³-hybridized carbons (Fsp3) is 0.286. The van der Waals surface area contributed by atoms with Gasteiger partial charge >= 0.3 is 0 Å². The molecule has 83 valence electrons. The number of unbranched alkanes of at least 4 members (excludes halogenated alkanes) is 2. The predicted octanol–water partition coefficient (Wildman–Crippen LogP) is 3.62. The van der Waals surface area contributed by atoms with Crippen LogP contribution < -0.4 is 4.74 Å². The summed E-state index contributed by atoms with van der Waals surface area (Å²) < 4.78 is 5.75. The average Bonchev–Trinajstić information content (AvgIpc) is 2.35. The van der Waals surface area contributed by atoms with Crippen molar-refractivity contribution in [1.29, 1.82) is 0 Å². The summed E-state index contributed by atoms with van der Waals surface area (Å²) in [5.41, 5.74) is 0.983. The Hall–Kier alpha value is -1.57. The zero-order valence-corrected chi connectivity index (χ0v) is 9.36. The molecule has 2 heteroatoms. The largest absolute Gasteiger partial charge is 0.493 e. The third kappa shape index (κ3) is 2.51. The van der Waals surface area contributed by atoms with Crippen molar-refractivity contribution in [1.82, 2.24) is 4.98 Å². The lowest BCUT2D eigenvalue weighted by atomic mass is 10.2. The second-order valence-electron chi connectivity index (χ2n) is 3.74. The van der Waals surface area contributed by atoms with Crippen molar-refractivity contribution < 1.29 is 4.74 Å². The number of rotatable bonds is 5. The molecular formula is C14H16NO. The van der Waals surface area contributed by atoms with Gasteiger partial charge in [0.1, 0.15) is 5.75 Å². The molecule has 1 aromatic carbocycles. The molecule has 16 heavy (non-hydrogen) atoms. The standard InChI is InChI=1S/C14H16NO/c1-2-3-4-11-16-14-9-5-8-13-12(14)7-6-10-15-13/h5-10H,1-4,11H2. The number of hydrogen-bond acceptors (Lipinski definition) is 2. The van der Waals surface area contributed by atoms with Crippen molar-refractivity contribution in [2.45, 2.75) is 19.3 Å². The van der Waals surface area contributed by atoms with E-state index >= 15 is 0 Å². The van der Waals surface area contributed by atoms with Gasteiger partial charge in [0.2, 0.25) is 0 Å². The van der Waals surface area contributed by atoms with Crippen molar-refractivity contribution in [3.05, 3.63) is 43.5 Å². The van der Waals surface area contributed by atoms with Crippen LogP contribution >= 0.6 is 0 Å². The van der Waals surface area contributed by atoms with Crippen LogP contribution in [-0.4, -0.2) is 11.6 Å². The van der Waals surface area contributed by atoms with Gasteiger partial charge in [0.15, 0.2) is 0 Å². The number of aromatic nitrogens is 1. The summed E-state index contributed by atoms with van der Waals surface area (Å²) in [5.74, 6) is 0.926. The van der Waals surface area contributed by atoms with Gasteiger partial charge in [0.25, 0.3) is 0 Å². The van der Waals surface area contributed by atoms with E-state index in [-0.39, 0.29) is 0 Å². The first-order valence-corrected chi connectivity index (χ1v) is 5.67. The minimum absolute atomic E-state index is 0.753. The summed E-state index contributed by atoms with van der Waals surface area (Å²) in [4.78, 5) is 4.30. The first-order valence-electron chi connectivity index (χ1n) is 5.67.